The maximum atomic E-state index is 12.9. The summed E-state index contributed by atoms with van der Waals surface area (Å²) in [6.07, 6.45) is -0.573. The van der Waals surface area contributed by atoms with Crippen LogP contribution in [0, 0.1) is 5.82 Å². The molecule has 100 valence electrons. The van der Waals surface area contributed by atoms with Gasteiger partial charge in [0.15, 0.2) is 0 Å². The van der Waals surface area contributed by atoms with E-state index in [-0.39, 0.29) is 11.7 Å². The van der Waals surface area contributed by atoms with Crippen LogP contribution in [0.25, 0.3) is 11.1 Å². The summed E-state index contributed by atoms with van der Waals surface area (Å²) in [5, 5.41) is 12.5. The largest absolute Gasteiger partial charge is 0.390 e. The minimum atomic E-state index is -0.573. The molecule has 0 aromatic heterocycles. The van der Waals surface area contributed by atoms with E-state index >= 15 is 0 Å². The fraction of sp³-hybridized carbons (Fsp3) is 0.200. The molecule has 2 aromatic rings. The first kappa shape index (κ1) is 13.8. The Morgan fingerprint density at radius 1 is 1.11 bits per heavy atom. The zero-order chi connectivity index (χ0) is 13.7. The second-order valence-corrected chi connectivity index (χ2v) is 4.59. The third kappa shape index (κ3) is 3.94. The molecule has 0 heterocycles. The highest BCUT2D eigenvalue weighted by molar-refractivity contribution is 6.18. The fourth-order valence-electron chi connectivity index (χ4n) is 1.74. The average molecular weight is 280 g/mol. The van der Waals surface area contributed by atoms with E-state index in [1.54, 1.807) is 12.1 Å². The van der Waals surface area contributed by atoms with Gasteiger partial charge in [-0.3, -0.25) is 0 Å². The first-order valence-corrected chi connectivity index (χ1v) is 6.56. The number of aliphatic hydroxyl groups is 1. The first-order chi connectivity index (χ1) is 9.19. The maximum absolute atomic E-state index is 12.9. The second-order valence-electron chi connectivity index (χ2n) is 4.28. The first-order valence-electron chi connectivity index (χ1n) is 6.03. The van der Waals surface area contributed by atoms with Crippen LogP contribution in [0.3, 0.4) is 0 Å². The molecule has 0 amide bonds. The molecule has 0 radical (unpaired) electrons. The Balaban J connectivity index is 2.12. The normalized spacial score (nSPS) is 12.2. The van der Waals surface area contributed by atoms with E-state index < -0.39 is 6.10 Å². The third-order valence-corrected chi connectivity index (χ3v) is 3.12. The number of halogens is 2. The molecular weight excluding hydrogens is 265 g/mol. The van der Waals surface area contributed by atoms with E-state index in [0.717, 1.165) is 16.8 Å². The zero-order valence-electron chi connectivity index (χ0n) is 10.3. The predicted octanol–water partition coefficient (Wildman–Crippen LogP) is 3.50. The van der Waals surface area contributed by atoms with Gasteiger partial charge in [0.2, 0.25) is 0 Å². The van der Waals surface area contributed by atoms with Crippen LogP contribution in [0.1, 0.15) is 0 Å². The summed E-state index contributed by atoms with van der Waals surface area (Å²) < 4.78 is 12.9. The summed E-state index contributed by atoms with van der Waals surface area (Å²) >= 11 is 5.53. The van der Waals surface area contributed by atoms with Crippen molar-refractivity contribution in [3.63, 3.8) is 0 Å². The molecule has 0 aliphatic heterocycles. The van der Waals surface area contributed by atoms with Gasteiger partial charge in [0, 0.05) is 12.2 Å². The molecule has 0 aliphatic rings. The van der Waals surface area contributed by atoms with Crippen molar-refractivity contribution in [2.75, 3.05) is 17.7 Å². The molecule has 4 heteroatoms. The fourth-order valence-corrected chi connectivity index (χ4v) is 1.85. The van der Waals surface area contributed by atoms with Gasteiger partial charge in [-0.05, 0) is 35.4 Å². The van der Waals surface area contributed by atoms with Gasteiger partial charge in [-0.1, -0.05) is 24.3 Å². The van der Waals surface area contributed by atoms with Crippen LogP contribution in [-0.4, -0.2) is 23.6 Å². The van der Waals surface area contributed by atoms with Crippen LogP contribution in [0.4, 0.5) is 10.1 Å². The predicted molar refractivity (Wildman–Crippen MR) is 77.1 cm³/mol. The zero-order valence-corrected chi connectivity index (χ0v) is 11.1. The lowest BCUT2D eigenvalue weighted by Gasteiger charge is -2.11. The Bertz CT molecular complexity index is 530. The van der Waals surface area contributed by atoms with E-state index in [1.165, 1.54) is 12.1 Å². The standard InChI is InChI=1S/C15H15ClFNO/c16-9-15(19)10-18-14-3-1-2-12(8-14)11-4-6-13(17)7-5-11/h1-8,15,18-19H,9-10H2. The Hall–Kier alpha value is -1.58. The topological polar surface area (TPSA) is 32.3 Å². The minimum absolute atomic E-state index is 0.199. The lowest BCUT2D eigenvalue weighted by atomic mass is 10.1. The van der Waals surface area contributed by atoms with Gasteiger partial charge in [0.25, 0.3) is 0 Å². The molecule has 2 N–H and O–H groups in total. The highest BCUT2D eigenvalue weighted by Gasteiger charge is 2.03. The molecular formula is C15H15ClFNO. The molecule has 0 spiro atoms. The molecule has 0 saturated heterocycles. The second kappa shape index (κ2) is 6.55. The number of aliphatic hydroxyl groups excluding tert-OH is 1. The number of hydrogen-bond donors (Lipinski definition) is 2. The monoisotopic (exact) mass is 279 g/mol. The van der Waals surface area contributed by atoms with Gasteiger partial charge in [0.05, 0.1) is 12.0 Å². The molecule has 0 fully saturated rings. The van der Waals surface area contributed by atoms with Crippen LogP contribution in [0.15, 0.2) is 48.5 Å². The lowest BCUT2D eigenvalue weighted by Crippen LogP contribution is -2.20. The Labute approximate surface area is 116 Å². The van der Waals surface area contributed by atoms with E-state index in [0.29, 0.717) is 6.54 Å². The van der Waals surface area contributed by atoms with E-state index in [1.807, 2.05) is 24.3 Å². The van der Waals surface area contributed by atoms with Crippen molar-refractivity contribution in [2.45, 2.75) is 6.10 Å². The van der Waals surface area contributed by atoms with Crippen molar-refractivity contribution in [2.24, 2.45) is 0 Å². The molecule has 1 atom stereocenters. The van der Waals surface area contributed by atoms with Crippen LogP contribution < -0.4 is 5.32 Å². The van der Waals surface area contributed by atoms with E-state index in [9.17, 15) is 9.50 Å². The highest BCUT2D eigenvalue weighted by Crippen LogP contribution is 2.22. The van der Waals surface area contributed by atoms with Crippen molar-refractivity contribution in [1.82, 2.24) is 0 Å². The van der Waals surface area contributed by atoms with Gasteiger partial charge >= 0.3 is 0 Å². The van der Waals surface area contributed by atoms with Gasteiger partial charge in [-0.2, -0.15) is 0 Å². The summed E-state index contributed by atoms with van der Waals surface area (Å²) in [7, 11) is 0. The van der Waals surface area contributed by atoms with Crippen molar-refractivity contribution < 1.29 is 9.50 Å². The lowest BCUT2D eigenvalue weighted by molar-refractivity contribution is 0.211. The molecule has 1 unspecified atom stereocenters. The summed E-state index contributed by atoms with van der Waals surface area (Å²) in [4.78, 5) is 0. The minimum Gasteiger partial charge on any atom is -0.390 e. The molecule has 2 nitrogen and oxygen atoms in total. The van der Waals surface area contributed by atoms with E-state index in [4.69, 9.17) is 11.6 Å². The quantitative estimate of drug-likeness (QED) is 0.821. The molecule has 19 heavy (non-hydrogen) atoms. The van der Waals surface area contributed by atoms with Crippen LogP contribution in [0.5, 0.6) is 0 Å². The number of hydrogen-bond acceptors (Lipinski definition) is 2. The molecule has 2 rings (SSSR count). The van der Waals surface area contributed by atoms with Crippen molar-refractivity contribution in [3.8, 4) is 11.1 Å². The SMILES string of the molecule is OC(CCl)CNc1cccc(-c2ccc(F)cc2)c1. The average Bonchev–Trinajstić information content (AvgIpc) is 2.46. The van der Waals surface area contributed by atoms with Crippen molar-refractivity contribution in [3.05, 3.63) is 54.3 Å². The smallest absolute Gasteiger partial charge is 0.123 e. The number of anilines is 1. The number of benzene rings is 2. The summed E-state index contributed by atoms with van der Waals surface area (Å²) in [5.74, 6) is -0.0479. The van der Waals surface area contributed by atoms with Gasteiger partial charge in [0.1, 0.15) is 5.82 Å². The van der Waals surface area contributed by atoms with Crippen molar-refractivity contribution >= 4 is 17.3 Å². The van der Waals surface area contributed by atoms with Crippen molar-refractivity contribution in [1.29, 1.82) is 0 Å². The van der Waals surface area contributed by atoms with Crippen LogP contribution in [-0.2, 0) is 0 Å². The van der Waals surface area contributed by atoms with E-state index in [2.05, 4.69) is 5.32 Å². The van der Waals surface area contributed by atoms with Crippen LogP contribution >= 0.6 is 11.6 Å². The number of alkyl halides is 1. The summed E-state index contributed by atoms with van der Waals surface area (Å²) in [6, 6.07) is 14.1. The Morgan fingerprint density at radius 2 is 1.84 bits per heavy atom. The number of rotatable bonds is 5. The molecule has 2 aromatic carbocycles. The van der Waals surface area contributed by atoms with Gasteiger partial charge in [-0.25, -0.2) is 4.39 Å². The Kier molecular flexibility index (Phi) is 4.77. The van der Waals surface area contributed by atoms with Gasteiger partial charge < -0.3 is 10.4 Å². The number of nitrogens with one attached hydrogen (secondary N) is 1. The summed E-state index contributed by atoms with van der Waals surface area (Å²) in [6.45, 7) is 0.399. The molecule has 0 aliphatic carbocycles. The maximum Gasteiger partial charge on any atom is 0.123 e. The molecule has 0 bridgehead atoms. The summed E-state index contributed by atoms with van der Waals surface area (Å²) in [5.41, 5.74) is 2.83. The Morgan fingerprint density at radius 3 is 2.53 bits per heavy atom. The van der Waals surface area contributed by atoms with Crippen LogP contribution in [0.2, 0.25) is 0 Å². The van der Waals surface area contributed by atoms with Gasteiger partial charge in [-0.15, -0.1) is 11.6 Å². The highest BCUT2D eigenvalue weighted by atomic mass is 35.5. The molecule has 0 saturated carbocycles. The third-order valence-electron chi connectivity index (χ3n) is 2.76.